The molecule has 3 aromatic rings. The van der Waals surface area contributed by atoms with E-state index in [1.807, 2.05) is 0 Å². The number of amides is 1. The summed E-state index contributed by atoms with van der Waals surface area (Å²) in [7, 11) is -3.62. The molecule has 1 amide bonds. The molecule has 0 spiro atoms. The van der Waals surface area contributed by atoms with Gasteiger partial charge >= 0.3 is 5.97 Å². The normalized spacial score (nSPS) is 11.6. The van der Waals surface area contributed by atoms with Crippen LogP contribution in [0.1, 0.15) is 15.2 Å². The van der Waals surface area contributed by atoms with Gasteiger partial charge in [0, 0.05) is 17.8 Å². The van der Waals surface area contributed by atoms with Crippen molar-refractivity contribution in [2.75, 3.05) is 11.6 Å². The third kappa shape index (κ3) is 5.74. The van der Waals surface area contributed by atoms with Crippen LogP contribution in [0.15, 0.2) is 46.4 Å². The van der Waals surface area contributed by atoms with Crippen molar-refractivity contribution in [1.29, 1.82) is 5.26 Å². The highest BCUT2D eigenvalue weighted by Crippen LogP contribution is 2.28. The predicted octanol–water partition coefficient (Wildman–Crippen LogP) is 3.42. The van der Waals surface area contributed by atoms with Crippen LogP contribution >= 0.6 is 34.5 Å². The minimum absolute atomic E-state index is 0.0690. The minimum atomic E-state index is -3.62. The molecule has 2 heterocycles. The van der Waals surface area contributed by atoms with Crippen LogP contribution in [-0.4, -0.2) is 35.9 Å². The molecule has 31 heavy (non-hydrogen) atoms. The number of esters is 1. The standard InChI is InChI=1S/C18H11ClN4O5S3/c1-31(26,27)18-22-17(30-23-18)21-15(24)11(9-20)7-10-4-5-13(12(19)8-10)28-16(25)14-3-2-6-29-14/h2-8H,1H3,(H,21,22,23,24). The molecule has 0 saturated heterocycles. The van der Waals surface area contributed by atoms with E-state index in [0.717, 1.165) is 6.26 Å². The number of rotatable bonds is 6. The summed E-state index contributed by atoms with van der Waals surface area (Å²) >= 11 is 8.05. The molecule has 0 aliphatic rings. The highest BCUT2D eigenvalue weighted by Gasteiger charge is 2.18. The molecule has 0 atom stereocenters. The number of anilines is 1. The molecule has 3 rings (SSSR count). The lowest BCUT2D eigenvalue weighted by Crippen LogP contribution is -2.13. The summed E-state index contributed by atoms with van der Waals surface area (Å²) in [6.07, 6.45) is 2.21. The molecule has 0 aliphatic heterocycles. The number of hydrogen-bond donors (Lipinski definition) is 1. The van der Waals surface area contributed by atoms with E-state index >= 15 is 0 Å². The molecule has 2 aromatic heterocycles. The van der Waals surface area contributed by atoms with Crippen LogP contribution < -0.4 is 10.1 Å². The Balaban J connectivity index is 1.75. The van der Waals surface area contributed by atoms with Gasteiger partial charge in [-0.2, -0.15) is 14.6 Å². The van der Waals surface area contributed by atoms with E-state index < -0.39 is 26.9 Å². The highest BCUT2D eigenvalue weighted by atomic mass is 35.5. The molecule has 0 bridgehead atoms. The van der Waals surface area contributed by atoms with E-state index in [2.05, 4.69) is 14.7 Å². The number of sulfone groups is 1. The lowest BCUT2D eigenvalue weighted by Gasteiger charge is -2.06. The van der Waals surface area contributed by atoms with Crippen LogP contribution in [0.3, 0.4) is 0 Å². The Morgan fingerprint density at radius 1 is 1.32 bits per heavy atom. The van der Waals surface area contributed by atoms with E-state index in [1.165, 1.54) is 35.6 Å². The Bertz CT molecular complexity index is 1320. The minimum Gasteiger partial charge on any atom is -0.421 e. The van der Waals surface area contributed by atoms with Crippen LogP contribution in [0, 0.1) is 11.3 Å². The maximum atomic E-state index is 12.3. The summed E-state index contributed by atoms with van der Waals surface area (Å²) < 4.78 is 31.7. The van der Waals surface area contributed by atoms with Gasteiger partial charge in [0.25, 0.3) is 11.1 Å². The number of nitrogens with one attached hydrogen (secondary N) is 1. The summed E-state index contributed by atoms with van der Waals surface area (Å²) in [6, 6.07) is 9.47. The van der Waals surface area contributed by atoms with E-state index in [-0.39, 0.29) is 21.5 Å². The predicted molar refractivity (Wildman–Crippen MR) is 116 cm³/mol. The Morgan fingerprint density at radius 2 is 2.10 bits per heavy atom. The van der Waals surface area contributed by atoms with E-state index in [9.17, 15) is 23.3 Å². The lowest BCUT2D eigenvalue weighted by molar-refractivity contribution is -0.112. The smallest absolute Gasteiger partial charge is 0.353 e. The Hall–Kier alpha value is -3.11. The summed E-state index contributed by atoms with van der Waals surface area (Å²) in [5, 5.41) is 13.0. The van der Waals surface area contributed by atoms with Crippen molar-refractivity contribution in [2.45, 2.75) is 5.16 Å². The van der Waals surface area contributed by atoms with Crippen molar-refractivity contribution in [2.24, 2.45) is 0 Å². The first-order valence-electron chi connectivity index (χ1n) is 8.19. The number of thiophene rings is 1. The number of carbonyl (C=O) groups excluding carboxylic acids is 2. The van der Waals surface area contributed by atoms with Gasteiger partial charge in [-0.1, -0.05) is 23.7 Å². The number of nitriles is 1. The van der Waals surface area contributed by atoms with Crippen molar-refractivity contribution in [3.63, 3.8) is 0 Å². The maximum Gasteiger partial charge on any atom is 0.353 e. The largest absolute Gasteiger partial charge is 0.421 e. The summed E-state index contributed by atoms with van der Waals surface area (Å²) in [5.41, 5.74) is 0.122. The van der Waals surface area contributed by atoms with Gasteiger partial charge in [-0.3, -0.25) is 10.1 Å². The highest BCUT2D eigenvalue weighted by molar-refractivity contribution is 7.90. The zero-order valence-corrected chi connectivity index (χ0v) is 18.7. The van der Waals surface area contributed by atoms with Crippen molar-refractivity contribution in [3.05, 3.63) is 56.7 Å². The Morgan fingerprint density at radius 3 is 2.68 bits per heavy atom. The van der Waals surface area contributed by atoms with Crippen molar-refractivity contribution in [1.82, 2.24) is 9.36 Å². The van der Waals surface area contributed by atoms with Crippen LogP contribution in [0.25, 0.3) is 6.08 Å². The first kappa shape index (κ1) is 22.6. The first-order chi connectivity index (χ1) is 14.7. The number of aromatic nitrogens is 2. The molecule has 0 aliphatic carbocycles. The quantitative estimate of drug-likeness (QED) is 0.238. The molecule has 0 radical (unpaired) electrons. The van der Waals surface area contributed by atoms with Gasteiger partial charge in [-0.15, -0.1) is 11.3 Å². The topological polar surface area (TPSA) is 139 Å². The molecular weight excluding hydrogens is 484 g/mol. The fraction of sp³-hybridized carbons (Fsp3) is 0.0556. The Kier molecular flexibility index (Phi) is 6.81. The number of ether oxygens (including phenoxy) is 1. The average molecular weight is 495 g/mol. The van der Waals surface area contributed by atoms with Crippen molar-refractivity contribution in [3.8, 4) is 11.8 Å². The van der Waals surface area contributed by atoms with E-state index in [0.29, 0.717) is 22.0 Å². The van der Waals surface area contributed by atoms with E-state index in [4.69, 9.17) is 16.3 Å². The third-order valence-corrected chi connectivity index (χ3v) is 6.25. The number of carbonyl (C=O) groups is 2. The molecule has 0 saturated carbocycles. The van der Waals surface area contributed by atoms with E-state index in [1.54, 1.807) is 23.6 Å². The van der Waals surface area contributed by atoms with Crippen molar-refractivity contribution >= 4 is 67.4 Å². The van der Waals surface area contributed by atoms with Crippen molar-refractivity contribution < 1.29 is 22.7 Å². The van der Waals surface area contributed by atoms with Crippen LogP contribution in [0.5, 0.6) is 5.75 Å². The number of nitrogens with zero attached hydrogens (tertiary/aromatic N) is 3. The SMILES string of the molecule is CS(=O)(=O)c1nsc(NC(=O)C(C#N)=Cc2ccc(OC(=O)c3cccs3)c(Cl)c2)n1. The van der Waals surface area contributed by atoms with Gasteiger partial charge in [-0.05, 0) is 35.2 Å². The lowest BCUT2D eigenvalue weighted by atomic mass is 10.1. The fourth-order valence-corrected chi connectivity index (χ4v) is 4.39. The van der Waals surface area contributed by atoms with Crippen LogP contribution in [0.2, 0.25) is 5.02 Å². The number of benzene rings is 1. The molecule has 9 nitrogen and oxygen atoms in total. The second-order valence-electron chi connectivity index (χ2n) is 5.83. The van der Waals surface area contributed by atoms with Gasteiger partial charge in [-0.25, -0.2) is 13.2 Å². The second kappa shape index (κ2) is 9.36. The summed E-state index contributed by atoms with van der Waals surface area (Å²) in [4.78, 5) is 28.5. The molecule has 158 valence electrons. The number of hydrogen-bond acceptors (Lipinski definition) is 10. The maximum absolute atomic E-state index is 12.3. The zero-order chi connectivity index (χ0) is 22.6. The molecule has 0 unspecified atom stereocenters. The molecule has 1 N–H and O–H groups in total. The average Bonchev–Trinajstić information content (AvgIpc) is 3.39. The van der Waals surface area contributed by atoms with Gasteiger partial charge in [0.2, 0.25) is 15.0 Å². The summed E-state index contributed by atoms with van der Waals surface area (Å²) in [6.45, 7) is 0. The Labute approximate surface area is 189 Å². The molecule has 0 fully saturated rings. The van der Waals surface area contributed by atoms with Crippen LogP contribution in [-0.2, 0) is 14.6 Å². The second-order valence-corrected chi connectivity index (χ2v) is 9.85. The molecule has 1 aromatic carbocycles. The van der Waals surface area contributed by atoms with Gasteiger partial charge in [0.05, 0.1) is 5.02 Å². The monoisotopic (exact) mass is 494 g/mol. The number of halogens is 1. The fourth-order valence-electron chi connectivity index (χ4n) is 2.13. The third-order valence-electron chi connectivity index (χ3n) is 3.52. The zero-order valence-electron chi connectivity index (χ0n) is 15.5. The van der Waals surface area contributed by atoms with Gasteiger partial charge in [0.15, 0.2) is 0 Å². The van der Waals surface area contributed by atoms with Gasteiger partial charge in [0.1, 0.15) is 22.3 Å². The van der Waals surface area contributed by atoms with Crippen LogP contribution in [0.4, 0.5) is 5.13 Å². The molecule has 13 heteroatoms. The molecular formula is C18H11ClN4O5S3. The summed E-state index contributed by atoms with van der Waals surface area (Å²) in [5.74, 6) is -1.23. The first-order valence-corrected chi connectivity index (χ1v) is 12.1. The van der Waals surface area contributed by atoms with Gasteiger partial charge < -0.3 is 4.74 Å².